The second-order valence-corrected chi connectivity index (χ2v) is 7.20. The lowest BCUT2D eigenvalue weighted by Crippen LogP contribution is -2.27. The van der Waals surface area contributed by atoms with Gasteiger partial charge in [-0.1, -0.05) is 0 Å². The Balaban J connectivity index is 1.93. The third-order valence-corrected chi connectivity index (χ3v) is 5.31. The van der Waals surface area contributed by atoms with Gasteiger partial charge in [0.1, 0.15) is 0 Å². The van der Waals surface area contributed by atoms with E-state index in [1.165, 1.54) is 0 Å². The van der Waals surface area contributed by atoms with Crippen LogP contribution in [0.25, 0.3) is 12.2 Å². The molecule has 2 aromatic rings. The van der Waals surface area contributed by atoms with Crippen LogP contribution in [-0.4, -0.2) is 18.4 Å². The highest BCUT2D eigenvalue weighted by Gasteiger charge is 2.32. The molecular weight excluding hydrogens is 340 g/mol. The molecule has 1 aliphatic rings. The maximum absolute atomic E-state index is 12.8. The smallest absolute Gasteiger partial charge is 0.309 e. The first-order valence-corrected chi connectivity index (χ1v) is 9.72. The van der Waals surface area contributed by atoms with Crippen molar-refractivity contribution in [3.63, 3.8) is 0 Å². The fourth-order valence-corrected chi connectivity index (χ4v) is 4.02. The number of ether oxygens (including phenoxy) is 1. The van der Waals surface area contributed by atoms with Gasteiger partial charge in [-0.25, -0.2) is 0 Å². The summed E-state index contributed by atoms with van der Waals surface area (Å²) in [5.74, 6) is -0.484. The largest absolute Gasteiger partial charge is 0.466 e. The van der Waals surface area contributed by atoms with Gasteiger partial charge in [0.2, 0.25) is 0 Å². The lowest BCUT2D eigenvalue weighted by atomic mass is 9.80. The molecule has 1 saturated carbocycles. The second kappa shape index (κ2) is 7.73. The van der Waals surface area contributed by atoms with E-state index >= 15 is 0 Å². The summed E-state index contributed by atoms with van der Waals surface area (Å²) in [6.07, 6.45) is 4.67. The number of Topliss-reactive ketones (excluding diaryl/α,β-unsaturated/α-hetero) is 1. The molecule has 1 atom stereocenters. The molecule has 5 heteroatoms. The first kappa shape index (κ1) is 16.9. The van der Waals surface area contributed by atoms with Crippen LogP contribution >= 0.6 is 22.7 Å². The number of thiophene rings is 2. The van der Waals surface area contributed by atoms with E-state index in [0.29, 0.717) is 30.6 Å². The van der Waals surface area contributed by atoms with Crippen LogP contribution in [0.15, 0.2) is 44.8 Å². The van der Waals surface area contributed by atoms with Gasteiger partial charge < -0.3 is 4.74 Å². The minimum absolute atomic E-state index is 0.0351. The number of esters is 1. The topological polar surface area (TPSA) is 43.4 Å². The van der Waals surface area contributed by atoms with Crippen molar-refractivity contribution >= 4 is 46.6 Å². The first-order valence-electron chi connectivity index (χ1n) is 7.84. The Morgan fingerprint density at radius 1 is 1.12 bits per heavy atom. The highest BCUT2D eigenvalue weighted by Crippen LogP contribution is 2.33. The molecule has 0 amide bonds. The minimum atomic E-state index is -0.294. The van der Waals surface area contributed by atoms with E-state index in [2.05, 4.69) is 0 Å². The van der Waals surface area contributed by atoms with Gasteiger partial charge in [0.05, 0.1) is 12.5 Å². The number of carbonyl (C=O) groups excluding carboxylic acids is 2. The van der Waals surface area contributed by atoms with Crippen molar-refractivity contribution in [1.29, 1.82) is 0 Å². The van der Waals surface area contributed by atoms with Gasteiger partial charge in [-0.3, -0.25) is 9.59 Å². The SMILES string of the molecule is CCOC(=O)C1C/C(=C/c2ccsc2)C(=O)/C(=C/c2ccsc2)C1. The molecule has 0 radical (unpaired) electrons. The second-order valence-electron chi connectivity index (χ2n) is 5.64. The van der Waals surface area contributed by atoms with Crippen LogP contribution in [0.5, 0.6) is 0 Å². The monoisotopic (exact) mass is 358 g/mol. The van der Waals surface area contributed by atoms with Gasteiger partial charge in [0, 0.05) is 11.1 Å². The van der Waals surface area contributed by atoms with E-state index in [0.717, 1.165) is 11.1 Å². The molecule has 3 nitrogen and oxygen atoms in total. The quantitative estimate of drug-likeness (QED) is 0.581. The van der Waals surface area contributed by atoms with Crippen molar-refractivity contribution in [3.05, 3.63) is 55.9 Å². The van der Waals surface area contributed by atoms with E-state index in [9.17, 15) is 9.59 Å². The van der Waals surface area contributed by atoms with Gasteiger partial charge in [0.15, 0.2) is 5.78 Å². The Hall–Kier alpha value is -1.98. The van der Waals surface area contributed by atoms with Gasteiger partial charge in [-0.05, 0) is 76.7 Å². The molecule has 0 spiro atoms. The minimum Gasteiger partial charge on any atom is -0.466 e. The average molecular weight is 358 g/mol. The van der Waals surface area contributed by atoms with Crippen molar-refractivity contribution in [2.24, 2.45) is 5.92 Å². The Morgan fingerprint density at radius 3 is 2.08 bits per heavy atom. The molecular formula is C19H18O3S2. The number of carbonyl (C=O) groups is 2. The summed E-state index contributed by atoms with van der Waals surface area (Å²) in [7, 11) is 0. The lowest BCUT2D eigenvalue weighted by molar-refractivity contribution is -0.148. The highest BCUT2D eigenvalue weighted by molar-refractivity contribution is 7.08. The van der Waals surface area contributed by atoms with Crippen LogP contribution in [0.3, 0.4) is 0 Å². The molecule has 0 N–H and O–H groups in total. The standard InChI is InChI=1S/C19H18O3S2/c1-2-22-19(21)17-9-15(7-13-3-5-23-11-13)18(20)16(10-17)8-14-4-6-24-12-14/h3-8,11-12,17H,2,9-10H2,1H3/b15-7-,16-8+. The molecule has 2 aromatic heterocycles. The van der Waals surface area contributed by atoms with Crippen LogP contribution in [-0.2, 0) is 14.3 Å². The third-order valence-electron chi connectivity index (χ3n) is 3.90. The number of allylic oxidation sites excluding steroid dienone is 2. The van der Waals surface area contributed by atoms with E-state index in [1.54, 1.807) is 29.6 Å². The molecule has 0 bridgehead atoms. The Morgan fingerprint density at radius 2 is 1.67 bits per heavy atom. The summed E-state index contributed by atoms with van der Waals surface area (Å²) < 4.78 is 5.18. The summed E-state index contributed by atoms with van der Waals surface area (Å²) in [6, 6.07) is 3.95. The Kier molecular flexibility index (Phi) is 5.43. The van der Waals surface area contributed by atoms with E-state index in [4.69, 9.17) is 4.74 Å². The van der Waals surface area contributed by atoms with Gasteiger partial charge in [-0.15, -0.1) is 0 Å². The zero-order valence-electron chi connectivity index (χ0n) is 13.4. The van der Waals surface area contributed by atoms with E-state index in [1.807, 2.05) is 45.8 Å². The highest BCUT2D eigenvalue weighted by atomic mass is 32.1. The van der Waals surface area contributed by atoms with Crippen LogP contribution in [0.2, 0.25) is 0 Å². The molecule has 1 aliphatic carbocycles. The molecule has 2 heterocycles. The summed E-state index contributed by atoms with van der Waals surface area (Å²) in [5.41, 5.74) is 3.36. The van der Waals surface area contributed by atoms with Crippen molar-refractivity contribution in [2.75, 3.05) is 6.61 Å². The molecule has 124 valence electrons. The molecule has 24 heavy (non-hydrogen) atoms. The van der Waals surface area contributed by atoms with Crippen LogP contribution in [0.1, 0.15) is 30.9 Å². The average Bonchev–Trinajstić information content (AvgIpc) is 3.25. The van der Waals surface area contributed by atoms with E-state index < -0.39 is 0 Å². The maximum atomic E-state index is 12.8. The van der Waals surface area contributed by atoms with Gasteiger partial charge >= 0.3 is 5.97 Å². The first-order chi connectivity index (χ1) is 11.7. The normalized spacial score (nSPS) is 21.4. The summed E-state index contributed by atoms with van der Waals surface area (Å²) in [5, 5.41) is 7.95. The molecule has 1 unspecified atom stereocenters. The zero-order valence-corrected chi connectivity index (χ0v) is 15.0. The Labute approximate surface area is 149 Å². The molecule has 0 aliphatic heterocycles. The molecule has 3 rings (SSSR count). The zero-order chi connectivity index (χ0) is 16.9. The van der Waals surface area contributed by atoms with Gasteiger partial charge in [-0.2, -0.15) is 22.7 Å². The van der Waals surface area contributed by atoms with Crippen molar-refractivity contribution in [2.45, 2.75) is 19.8 Å². The lowest BCUT2D eigenvalue weighted by Gasteiger charge is -2.24. The van der Waals surface area contributed by atoms with Crippen molar-refractivity contribution < 1.29 is 14.3 Å². The Bertz CT molecular complexity index is 711. The fraction of sp³-hybridized carbons (Fsp3) is 0.263. The van der Waals surface area contributed by atoms with Crippen LogP contribution < -0.4 is 0 Å². The molecule has 0 saturated heterocycles. The maximum Gasteiger partial charge on any atom is 0.309 e. The fourth-order valence-electron chi connectivity index (χ4n) is 2.79. The number of hydrogen-bond acceptors (Lipinski definition) is 5. The molecule has 0 aromatic carbocycles. The predicted molar refractivity (Wildman–Crippen MR) is 99.0 cm³/mol. The number of rotatable bonds is 4. The van der Waals surface area contributed by atoms with Crippen LogP contribution in [0, 0.1) is 5.92 Å². The number of ketones is 1. The summed E-state index contributed by atoms with van der Waals surface area (Å²) >= 11 is 3.18. The van der Waals surface area contributed by atoms with Crippen LogP contribution in [0.4, 0.5) is 0 Å². The van der Waals surface area contributed by atoms with E-state index in [-0.39, 0.29) is 17.7 Å². The number of hydrogen-bond donors (Lipinski definition) is 0. The summed E-state index contributed by atoms with van der Waals surface area (Å²) in [6.45, 7) is 2.16. The third kappa shape index (κ3) is 3.91. The van der Waals surface area contributed by atoms with Crippen molar-refractivity contribution in [1.82, 2.24) is 0 Å². The molecule has 1 fully saturated rings. The predicted octanol–water partition coefficient (Wildman–Crippen LogP) is 4.82. The van der Waals surface area contributed by atoms with Crippen molar-refractivity contribution in [3.8, 4) is 0 Å². The summed E-state index contributed by atoms with van der Waals surface area (Å²) in [4.78, 5) is 25.0. The van der Waals surface area contributed by atoms with Gasteiger partial charge in [0.25, 0.3) is 0 Å².